The van der Waals surface area contributed by atoms with Gasteiger partial charge in [0.2, 0.25) is 15.7 Å². The second-order valence-electron chi connectivity index (χ2n) is 7.73. The molecule has 0 aromatic heterocycles. The molecule has 2 fully saturated rings. The quantitative estimate of drug-likeness (QED) is 0.629. The largest absolute Gasteiger partial charge is 0.351 e. The van der Waals surface area contributed by atoms with Crippen molar-refractivity contribution in [3.63, 3.8) is 0 Å². The fourth-order valence-corrected chi connectivity index (χ4v) is 6.54. The number of amides is 1. The fourth-order valence-electron chi connectivity index (χ4n) is 4.16. The minimum absolute atomic E-state index is 0.0241. The molecule has 2 aromatic carbocycles. The van der Waals surface area contributed by atoms with E-state index in [0.717, 1.165) is 31.5 Å². The normalized spacial score (nSPS) is 23.7. The van der Waals surface area contributed by atoms with Crippen LogP contribution in [0.2, 0.25) is 10.0 Å². The predicted molar refractivity (Wildman–Crippen MR) is 117 cm³/mol. The number of nitrogens with one attached hydrogen (secondary N) is 3. The van der Waals surface area contributed by atoms with E-state index >= 15 is 0 Å². The Morgan fingerprint density at radius 3 is 2.47 bits per heavy atom. The lowest BCUT2D eigenvalue weighted by molar-refractivity contribution is -0.123. The Balaban J connectivity index is 1.40. The van der Waals surface area contributed by atoms with Gasteiger partial charge in [-0.05, 0) is 61.7 Å². The maximum atomic E-state index is 12.9. The van der Waals surface area contributed by atoms with Crippen LogP contribution >= 0.6 is 23.2 Å². The Hall–Kier alpha value is -1.64. The van der Waals surface area contributed by atoms with Crippen molar-refractivity contribution in [2.75, 3.05) is 13.1 Å². The Labute approximate surface area is 186 Å². The molecule has 0 bridgehead atoms. The van der Waals surface area contributed by atoms with Crippen LogP contribution < -0.4 is 16.0 Å². The zero-order valence-corrected chi connectivity index (χ0v) is 18.5. The minimum Gasteiger partial charge on any atom is -0.351 e. The number of sulfone groups is 1. The van der Waals surface area contributed by atoms with Crippen LogP contribution in [0.5, 0.6) is 0 Å². The average molecular weight is 468 g/mol. The first-order valence-corrected chi connectivity index (χ1v) is 12.1. The van der Waals surface area contributed by atoms with Crippen molar-refractivity contribution in [2.45, 2.75) is 41.3 Å². The van der Waals surface area contributed by atoms with Crippen LogP contribution in [0.4, 0.5) is 0 Å². The van der Waals surface area contributed by atoms with E-state index in [1.54, 1.807) is 18.2 Å². The lowest BCUT2D eigenvalue weighted by Gasteiger charge is -2.25. The lowest BCUT2D eigenvalue weighted by atomic mass is 9.94. The van der Waals surface area contributed by atoms with Gasteiger partial charge in [0.1, 0.15) is 4.90 Å². The van der Waals surface area contributed by atoms with E-state index in [-0.39, 0.29) is 31.8 Å². The summed E-state index contributed by atoms with van der Waals surface area (Å²) in [6.07, 6.45) is 1.87. The van der Waals surface area contributed by atoms with Gasteiger partial charge in [0.05, 0.1) is 21.0 Å². The average Bonchev–Trinajstić information content (AvgIpc) is 3.16. The van der Waals surface area contributed by atoms with Gasteiger partial charge in [0, 0.05) is 12.6 Å². The van der Waals surface area contributed by atoms with Gasteiger partial charge in [-0.1, -0.05) is 41.4 Å². The molecule has 2 aliphatic rings. The van der Waals surface area contributed by atoms with Gasteiger partial charge >= 0.3 is 0 Å². The maximum Gasteiger partial charge on any atom is 0.237 e. The number of piperidine rings is 1. The van der Waals surface area contributed by atoms with E-state index in [2.05, 4.69) is 16.0 Å². The number of benzene rings is 2. The van der Waals surface area contributed by atoms with Crippen LogP contribution in [0.3, 0.4) is 0 Å². The van der Waals surface area contributed by atoms with E-state index in [9.17, 15) is 13.2 Å². The van der Waals surface area contributed by atoms with E-state index in [0.29, 0.717) is 18.5 Å². The molecule has 6 nitrogen and oxygen atoms in total. The molecule has 0 radical (unpaired) electrons. The Morgan fingerprint density at radius 1 is 1.10 bits per heavy atom. The van der Waals surface area contributed by atoms with E-state index < -0.39 is 9.84 Å². The summed E-state index contributed by atoms with van der Waals surface area (Å²) in [5, 5.41) is 9.91. The molecule has 2 aliphatic heterocycles. The lowest BCUT2D eigenvalue weighted by Crippen LogP contribution is -2.45. The number of fused-ring (bicyclic) bond motifs is 1. The summed E-state index contributed by atoms with van der Waals surface area (Å²) in [7, 11) is -3.84. The van der Waals surface area contributed by atoms with Crippen molar-refractivity contribution in [1.82, 2.24) is 16.0 Å². The van der Waals surface area contributed by atoms with Crippen molar-refractivity contribution in [3.05, 3.63) is 58.1 Å². The molecule has 3 unspecified atom stereocenters. The molecule has 2 heterocycles. The molecule has 3 atom stereocenters. The van der Waals surface area contributed by atoms with Crippen LogP contribution in [0, 0.1) is 5.92 Å². The third-order valence-electron chi connectivity index (χ3n) is 5.77. The Kier molecular flexibility index (Phi) is 6.36. The van der Waals surface area contributed by atoms with Crippen molar-refractivity contribution < 1.29 is 13.2 Å². The van der Waals surface area contributed by atoms with Gasteiger partial charge in [-0.25, -0.2) is 8.42 Å². The molecule has 3 N–H and O–H groups in total. The minimum atomic E-state index is -3.84. The second-order valence-corrected chi connectivity index (χ2v) is 10.4. The number of carbonyl (C=O) groups excluding carboxylic acids is 1. The highest BCUT2D eigenvalue weighted by Crippen LogP contribution is 2.33. The molecule has 0 aliphatic carbocycles. The topological polar surface area (TPSA) is 87.3 Å². The Morgan fingerprint density at radius 2 is 1.80 bits per heavy atom. The third kappa shape index (κ3) is 4.36. The highest BCUT2D eigenvalue weighted by Gasteiger charge is 2.38. The molecular weight excluding hydrogens is 445 g/mol. The van der Waals surface area contributed by atoms with Crippen LogP contribution in [-0.4, -0.2) is 39.5 Å². The summed E-state index contributed by atoms with van der Waals surface area (Å²) in [4.78, 5) is 12.5. The number of rotatable bonds is 5. The van der Waals surface area contributed by atoms with E-state index in [1.165, 1.54) is 24.3 Å². The SMILES string of the molecule is O=C(NCc1ccc(S(=O)(=O)c2c(Cl)cccc2Cl)cc1)C1CC2CNCCC2N1. The maximum absolute atomic E-state index is 12.9. The molecule has 9 heteroatoms. The van der Waals surface area contributed by atoms with Crippen LogP contribution in [0.15, 0.2) is 52.3 Å². The van der Waals surface area contributed by atoms with Crippen molar-refractivity contribution in [2.24, 2.45) is 5.92 Å². The van der Waals surface area contributed by atoms with Crippen molar-refractivity contribution in [3.8, 4) is 0 Å². The molecule has 30 heavy (non-hydrogen) atoms. The fraction of sp³-hybridized carbons (Fsp3) is 0.381. The van der Waals surface area contributed by atoms with Gasteiger partial charge in [-0.2, -0.15) is 0 Å². The first-order chi connectivity index (χ1) is 14.4. The third-order valence-corrected chi connectivity index (χ3v) is 8.49. The van der Waals surface area contributed by atoms with Gasteiger partial charge in [-0.3, -0.25) is 4.79 Å². The first kappa shape index (κ1) is 21.6. The van der Waals surface area contributed by atoms with Crippen molar-refractivity contribution >= 4 is 38.9 Å². The molecule has 0 spiro atoms. The highest BCUT2D eigenvalue weighted by molar-refractivity contribution is 7.91. The number of carbonyl (C=O) groups is 1. The smallest absolute Gasteiger partial charge is 0.237 e. The number of halogens is 2. The highest BCUT2D eigenvalue weighted by atomic mass is 35.5. The van der Waals surface area contributed by atoms with Crippen LogP contribution in [-0.2, 0) is 21.2 Å². The summed E-state index contributed by atoms with van der Waals surface area (Å²) < 4.78 is 25.8. The molecule has 160 valence electrons. The standard InChI is InChI=1S/C21H23Cl2N3O3S/c22-16-2-1-3-17(23)20(16)30(28,29)15-6-4-13(5-7-15)11-25-21(27)19-10-14-12-24-9-8-18(14)26-19/h1-7,14,18-19,24,26H,8-12H2,(H,25,27). The summed E-state index contributed by atoms with van der Waals surface area (Å²) in [6, 6.07) is 11.2. The second kappa shape index (κ2) is 8.85. The Bertz CT molecular complexity index is 1010. The summed E-state index contributed by atoms with van der Waals surface area (Å²) in [5.41, 5.74) is 0.810. The number of hydrogen-bond donors (Lipinski definition) is 3. The van der Waals surface area contributed by atoms with Gasteiger partial charge < -0.3 is 16.0 Å². The van der Waals surface area contributed by atoms with Crippen LogP contribution in [0.1, 0.15) is 18.4 Å². The summed E-state index contributed by atoms with van der Waals surface area (Å²) in [6.45, 7) is 2.27. The van der Waals surface area contributed by atoms with Crippen molar-refractivity contribution in [1.29, 1.82) is 0 Å². The monoisotopic (exact) mass is 467 g/mol. The summed E-state index contributed by atoms with van der Waals surface area (Å²) >= 11 is 12.1. The van der Waals surface area contributed by atoms with Gasteiger partial charge in [-0.15, -0.1) is 0 Å². The molecule has 0 saturated carbocycles. The molecule has 2 aromatic rings. The van der Waals surface area contributed by atoms with E-state index in [4.69, 9.17) is 23.2 Å². The molecule has 1 amide bonds. The predicted octanol–water partition coefficient (Wildman–Crippen LogP) is 2.78. The van der Waals surface area contributed by atoms with Gasteiger partial charge in [0.15, 0.2) is 0 Å². The zero-order valence-electron chi connectivity index (χ0n) is 16.2. The summed E-state index contributed by atoms with van der Waals surface area (Å²) in [5.74, 6) is 0.472. The van der Waals surface area contributed by atoms with E-state index in [1.807, 2.05) is 0 Å². The van der Waals surface area contributed by atoms with Gasteiger partial charge in [0.25, 0.3) is 0 Å². The zero-order chi connectivity index (χ0) is 21.3. The molecule has 2 saturated heterocycles. The number of hydrogen-bond acceptors (Lipinski definition) is 5. The molecule has 4 rings (SSSR count). The molecular formula is C21H23Cl2N3O3S. The van der Waals surface area contributed by atoms with Crippen LogP contribution in [0.25, 0.3) is 0 Å². The first-order valence-electron chi connectivity index (χ1n) is 9.89.